The number of carbonyl (C=O) groups is 1. The Kier molecular flexibility index (Phi) is 6.15. The fraction of sp³-hybridized carbons (Fsp3) is 0.462. The maximum absolute atomic E-state index is 12.1. The summed E-state index contributed by atoms with van der Waals surface area (Å²) < 4.78 is 0.796. The van der Waals surface area contributed by atoms with Gasteiger partial charge in [0.05, 0.1) is 0 Å². The third-order valence-corrected chi connectivity index (χ3v) is 3.46. The fourth-order valence-electron chi connectivity index (χ4n) is 1.64. The molecule has 1 amide bonds. The van der Waals surface area contributed by atoms with Crippen LogP contribution in [0.1, 0.15) is 29.6 Å². The van der Waals surface area contributed by atoms with Gasteiger partial charge in [0.15, 0.2) is 0 Å². The summed E-state index contributed by atoms with van der Waals surface area (Å²) in [7, 11) is 1.78. The zero-order valence-electron chi connectivity index (χ0n) is 10.5. The number of benzene rings is 1. The van der Waals surface area contributed by atoms with E-state index in [1.807, 2.05) is 0 Å². The molecule has 0 aromatic heterocycles. The molecule has 0 aliphatic heterocycles. The van der Waals surface area contributed by atoms with Crippen molar-refractivity contribution in [2.75, 3.05) is 25.9 Å². The maximum atomic E-state index is 12.1. The summed E-state index contributed by atoms with van der Waals surface area (Å²) in [5.41, 5.74) is 6.91. The molecule has 4 nitrogen and oxygen atoms in total. The van der Waals surface area contributed by atoms with E-state index in [1.54, 1.807) is 30.1 Å². The van der Waals surface area contributed by atoms with Crippen molar-refractivity contribution in [1.29, 1.82) is 0 Å². The van der Waals surface area contributed by atoms with Gasteiger partial charge in [-0.3, -0.25) is 4.79 Å². The molecule has 0 bridgehead atoms. The Balaban J connectivity index is 2.54. The summed E-state index contributed by atoms with van der Waals surface area (Å²) in [4.78, 5) is 13.8. The molecule has 0 saturated carbocycles. The largest absolute Gasteiger partial charge is 0.398 e. The second-order valence-electron chi connectivity index (χ2n) is 4.25. The van der Waals surface area contributed by atoms with Crippen molar-refractivity contribution < 1.29 is 9.90 Å². The molecule has 1 rings (SSSR count). The highest BCUT2D eigenvalue weighted by Crippen LogP contribution is 2.20. The minimum Gasteiger partial charge on any atom is -0.398 e. The van der Waals surface area contributed by atoms with Crippen LogP contribution in [0, 0.1) is 0 Å². The molecule has 0 aliphatic rings. The lowest BCUT2D eigenvalue weighted by Gasteiger charge is -2.17. The van der Waals surface area contributed by atoms with E-state index in [9.17, 15) is 4.79 Å². The predicted molar refractivity (Wildman–Crippen MR) is 76.5 cm³/mol. The van der Waals surface area contributed by atoms with Crippen molar-refractivity contribution in [3.05, 3.63) is 28.2 Å². The summed E-state index contributed by atoms with van der Waals surface area (Å²) in [6, 6.07) is 5.21. The first-order valence-electron chi connectivity index (χ1n) is 5.97. The molecule has 18 heavy (non-hydrogen) atoms. The number of anilines is 1. The van der Waals surface area contributed by atoms with Crippen LogP contribution in [0.4, 0.5) is 5.69 Å². The summed E-state index contributed by atoms with van der Waals surface area (Å²) in [5.74, 6) is -0.0294. The van der Waals surface area contributed by atoms with Crippen molar-refractivity contribution in [3.63, 3.8) is 0 Å². The van der Waals surface area contributed by atoms with E-state index in [4.69, 9.17) is 10.8 Å². The number of aliphatic hydroxyl groups is 1. The van der Waals surface area contributed by atoms with Gasteiger partial charge in [0, 0.05) is 35.9 Å². The molecule has 0 unspecified atom stereocenters. The summed E-state index contributed by atoms with van der Waals surface area (Å²) in [6.07, 6.45) is 2.61. The first-order chi connectivity index (χ1) is 8.56. The van der Waals surface area contributed by atoms with E-state index >= 15 is 0 Å². The van der Waals surface area contributed by atoms with E-state index in [2.05, 4.69) is 15.9 Å². The van der Waals surface area contributed by atoms with Crippen LogP contribution in [0.5, 0.6) is 0 Å². The van der Waals surface area contributed by atoms with E-state index in [1.165, 1.54) is 0 Å². The number of amides is 1. The van der Waals surface area contributed by atoms with E-state index in [0.717, 1.165) is 23.7 Å². The second-order valence-corrected chi connectivity index (χ2v) is 5.10. The predicted octanol–water partition coefficient (Wildman–Crippen LogP) is 2.27. The van der Waals surface area contributed by atoms with Gasteiger partial charge in [-0.15, -0.1) is 0 Å². The lowest BCUT2D eigenvalue weighted by Crippen LogP contribution is -2.27. The first-order valence-corrected chi connectivity index (χ1v) is 6.77. The van der Waals surface area contributed by atoms with Gasteiger partial charge < -0.3 is 15.7 Å². The topological polar surface area (TPSA) is 66.6 Å². The molecule has 0 heterocycles. The van der Waals surface area contributed by atoms with E-state index in [-0.39, 0.29) is 12.5 Å². The number of hydrogen-bond donors (Lipinski definition) is 2. The van der Waals surface area contributed by atoms with Crippen molar-refractivity contribution in [2.45, 2.75) is 19.3 Å². The molecular formula is C13H19BrN2O2. The molecule has 0 spiro atoms. The number of nitrogens with two attached hydrogens (primary N) is 1. The minimum absolute atomic E-state index is 0.0294. The van der Waals surface area contributed by atoms with Gasteiger partial charge in [-0.1, -0.05) is 0 Å². The fourth-order valence-corrected chi connectivity index (χ4v) is 1.88. The molecule has 1 aromatic carbocycles. The molecule has 5 heteroatoms. The quantitative estimate of drug-likeness (QED) is 0.625. The molecule has 0 radical (unpaired) electrons. The van der Waals surface area contributed by atoms with Crippen LogP contribution in [-0.2, 0) is 0 Å². The van der Waals surface area contributed by atoms with Gasteiger partial charge in [-0.2, -0.15) is 0 Å². The summed E-state index contributed by atoms with van der Waals surface area (Å²) in [6.45, 7) is 0.899. The Hall–Kier alpha value is -1.07. The summed E-state index contributed by atoms with van der Waals surface area (Å²) >= 11 is 3.30. The molecule has 1 aromatic rings. The van der Waals surface area contributed by atoms with Crippen LogP contribution in [0.25, 0.3) is 0 Å². The minimum atomic E-state index is -0.0294. The van der Waals surface area contributed by atoms with Crippen molar-refractivity contribution in [3.8, 4) is 0 Å². The lowest BCUT2D eigenvalue weighted by molar-refractivity contribution is 0.0792. The second kappa shape index (κ2) is 7.38. The number of halogens is 1. The number of unbranched alkanes of at least 4 members (excludes halogenated alkanes) is 2. The van der Waals surface area contributed by atoms with Crippen molar-refractivity contribution >= 4 is 27.5 Å². The normalized spacial score (nSPS) is 10.4. The lowest BCUT2D eigenvalue weighted by atomic mass is 10.1. The van der Waals surface area contributed by atoms with Crippen LogP contribution in [0.15, 0.2) is 22.7 Å². The molecule has 0 saturated heterocycles. The third kappa shape index (κ3) is 4.31. The van der Waals surface area contributed by atoms with Gasteiger partial charge in [-0.05, 0) is 53.4 Å². The van der Waals surface area contributed by atoms with Crippen LogP contribution < -0.4 is 5.73 Å². The number of nitrogen functional groups attached to an aromatic ring is 1. The number of hydrogen-bond acceptors (Lipinski definition) is 3. The number of nitrogens with zero attached hydrogens (tertiary/aromatic N) is 1. The number of aliphatic hydroxyl groups excluding tert-OH is 1. The molecule has 0 atom stereocenters. The van der Waals surface area contributed by atoms with Gasteiger partial charge in [0.25, 0.3) is 5.91 Å². The Morgan fingerprint density at radius 2 is 2.11 bits per heavy atom. The Labute approximate surface area is 116 Å². The van der Waals surface area contributed by atoms with Crippen LogP contribution in [0.2, 0.25) is 0 Å². The average Bonchev–Trinajstić information content (AvgIpc) is 2.37. The zero-order valence-corrected chi connectivity index (χ0v) is 12.1. The number of carbonyl (C=O) groups excluding carboxylic acids is 1. The molecule has 0 aliphatic carbocycles. The van der Waals surface area contributed by atoms with Crippen LogP contribution >= 0.6 is 15.9 Å². The third-order valence-electron chi connectivity index (χ3n) is 2.74. The zero-order chi connectivity index (χ0) is 13.5. The average molecular weight is 315 g/mol. The highest BCUT2D eigenvalue weighted by atomic mass is 79.9. The van der Waals surface area contributed by atoms with Gasteiger partial charge in [-0.25, -0.2) is 0 Å². The number of rotatable bonds is 6. The Morgan fingerprint density at radius 3 is 2.72 bits per heavy atom. The maximum Gasteiger partial charge on any atom is 0.253 e. The van der Waals surface area contributed by atoms with Gasteiger partial charge >= 0.3 is 0 Å². The molecule has 3 N–H and O–H groups in total. The van der Waals surface area contributed by atoms with E-state index in [0.29, 0.717) is 17.8 Å². The highest BCUT2D eigenvalue weighted by molar-refractivity contribution is 9.10. The van der Waals surface area contributed by atoms with E-state index < -0.39 is 0 Å². The van der Waals surface area contributed by atoms with Crippen molar-refractivity contribution in [1.82, 2.24) is 4.90 Å². The SMILES string of the molecule is CN(CCCCCO)C(=O)c1ccc(Br)c(N)c1. The molecule has 0 fully saturated rings. The molecule has 100 valence electrons. The summed E-state index contributed by atoms with van der Waals surface area (Å²) in [5, 5.41) is 8.68. The first kappa shape index (κ1) is 15.0. The Bertz CT molecular complexity index is 410. The standard InChI is InChI=1S/C13H19BrN2O2/c1-16(7-3-2-4-8-17)13(18)10-5-6-11(14)12(15)9-10/h5-6,9,17H,2-4,7-8,15H2,1H3. The Morgan fingerprint density at radius 1 is 1.39 bits per heavy atom. The van der Waals surface area contributed by atoms with Crippen molar-refractivity contribution in [2.24, 2.45) is 0 Å². The van der Waals surface area contributed by atoms with Crippen LogP contribution in [-0.4, -0.2) is 36.1 Å². The van der Waals surface area contributed by atoms with Gasteiger partial charge in [0.1, 0.15) is 0 Å². The van der Waals surface area contributed by atoms with Crippen LogP contribution in [0.3, 0.4) is 0 Å². The monoisotopic (exact) mass is 314 g/mol. The highest BCUT2D eigenvalue weighted by Gasteiger charge is 2.12. The molecular weight excluding hydrogens is 296 g/mol. The smallest absolute Gasteiger partial charge is 0.253 e. The van der Waals surface area contributed by atoms with Gasteiger partial charge in [0.2, 0.25) is 0 Å².